The maximum absolute atomic E-state index is 7.99. The van der Waals surface area contributed by atoms with Gasteiger partial charge in [0, 0.05) is 24.5 Å². The minimum Gasteiger partial charge on any atom is -0.449 e. The number of likely N-dealkylation sites (N-methyl/N-ethyl adjacent to an activating group) is 1. The van der Waals surface area contributed by atoms with Crippen LogP contribution in [0.5, 0.6) is 0 Å². The maximum atomic E-state index is 7.99. The summed E-state index contributed by atoms with van der Waals surface area (Å²) in [5.41, 5.74) is 3.32. The molecule has 1 aliphatic rings. The first-order valence-electron chi connectivity index (χ1n) is 7.78. The molecule has 1 aliphatic heterocycles. The van der Waals surface area contributed by atoms with Crippen molar-refractivity contribution in [3.05, 3.63) is 78.3 Å². The molecule has 0 amide bonds. The van der Waals surface area contributed by atoms with Gasteiger partial charge in [0.25, 0.3) is 0 Å². The molecule has 0 aromatic heterocycles. The van der Waals surface area contributed by atoms with Crippen LogP contribution in [0.15, 0.2) is 54.6 Å². The van der Waals surface area contributed by atoms with Crippen LogP contribution in [0, 0.1) is 7.05 Å². The minimum absolute atomic E-state index is 0.186. The van der Waals surface area contributed by atoms with E-state index in [0.717, 1.165) is 17.5 Å². The molecule has 0 unspecified atom stereocenters. The van der Waals surface area contributed by atoms with E-state index in [1.54, 1.807) is 0 Å². The molecule has 0 saturated heterocycles. The summed E-state index contributed by atoms with van der Waals surface area (Å²) in [6.45, 7) is -1.62. The number of benzene rings is 2. The Bertz CT molecular complexity index is 636. The second-order valence-electron chi connectivity index (χ2n) is 5.02. The minimum atomic E-state index is -2.14. The number of nitrogens with zero attached hydrogens (tertiary/aromatic N) is 1. The SMILES string of the molecule is [2H]C([2H])([2H])[N@@+]1([CH2-])CCc2ccccc2[C@@H]1c1ccccc1. The molecule has 92 valence electrons. The van der Waals surface area contributed by atoms with Crippen molar-refractivity contribution in [1.29, 1.82) is 0 Å². The average Bonchev–Trinajstić information content (AvgIpc) is 2.47. The fraction of sp³-hybridized carbons (Fsp3) is 0.235. The number of fused-ring (bicyclic) bond motifs is 1. The van der Waals surface area contributed by atoms with Crippen LogP contribution in [0.25, 0.3) is 0 Å². The van der Waals surface area contributed by atoms with Crippen molar-refractivity contribution < 1.29 is 8.60 Å². The molecule has 0 fully saturated rings. The van der Waals surface area contributed by atoms with E-state index < -0.39 is 6.98 Å². The van der Waals surface area contributed by atoms with Crippen molar-refractivity contribution in [1.82, 2.24) is 0 Å². The first-order valence-corrected chi connectivity index (χ1v) is 6.28. The maximum Gasteiger partial charge on any atom is 0.116 e. The van der Waals surface area contributed by atoms with Gasteiger partial charge in [0.1, 0.15) is 6.04 Å². The van der Waals surface area contributed by atoms with E-state index in [0.29, 0.717) is 6.54 Å². The van der Waals surface area contributed by atoms with Gasteiger partial charge in [-0.2, -0.15) is 0 Å². The second-order valence-corrected chi connectivity index (χ2v) is 5.02. The second kappa shape index (κ2) is 4.25. The first-order chi connectivity index (χ1) is 9.93. The lowest BCUT2D eigenvalue weighted by atomic mass is 9.87. The third kappa shape index (κ3) is 1.85. The number of quaternary nitrogens is 1. The Morgan fingerprint density at radius 3 is 2.61 bits per heavy atom. The van der Waals surface area contributed by atoms with E-state index in [-0.39, 0.29) is 10.5 Å². The molecule has 1 heteroatoms. The Morgan fingerprint density at radius 2 is 1.83 bits per heavy atom. The van der Waals surface area contributed by atoms with Gasteiger partial charge < -0.3 is 4.48 Å². The van der Waals surface area contributed by atoms with Gasteiger partial charge in [-0.15, -0.1) is 7.05 Å². The summed E-state index contributed by atoms with van der Waals surface area (Å²) in [5.74, 6) is 0. The lowest BCUT2D eigenvalue weighted by Crippen LogP contribution is -2.46. The fourth-order valence-electron chi connectivity index (χ4n) is 2.84. The highest BCUT2D eigenvalue weighted by molar-refractivity contribution is 5.37. The molecule has 18 heavy (non-hydrogen) atoms. The molecular formula is C17H19N. The molecule has 0 radical (unpaired) electrons. The molecule has 1 nitrogen and oxygen atoms in total. The predicted molar refractivity (Wildman–Crippen MR) is 74.8 cm³/mol. The predicted octanol–water partition coefficient (Wildman–Crippen LogP) is 3.57. The molecule has 0 aliphatic carbocycles. The lowest BCUT2D eigenvalue weighted by Gasteiger charge is -2.49. The first kappa shape index (κ1) is 8.49. The Hall–Kier alpha value is -1.60. The molecule has 0 saturated carbocycles. The third-order valence-electron chi connectivity index (χ3n) is 3.74. The third-order valence-corrected chi connectivity index (χ3v) is 3.74. The summed E-state index contributed by atoms with van der Waals surface area (Å²) in [5, 5.41) is 0. The van der Waals surface area contributed by atoms with E-state index in [4.69, 9.17) is 4.11 Å². The smallest absolute Gasteiger partial charge is 0.116 e. The average molecular weight is 240 g/mol. The van der Waals surface area contributed by atoms with Gasteiger partial charge >= 0.3 is 0 Å². The van der Waals surface area contributed by atoms with E-state index >= 15 is 0 Å². The van der Waals surface area contributed by atoms with Crippen molar-refractivity contribution in [2.45, 2.75) is 12.5 Å². The van der Waals surface area contributed by atoms with E-state index in [9.17, 15) is 0 Å². The highest BCUT2D eigenvalue weighted by Crippen LogP contribution is 2.38. The van der Waals surface area contributed by atoms with Gasteiger partial charge in [-0.05, 0) is 5.56 Å². The topological polar surface area (TPSA) is 0 Å². The molecule has 0 spiro atoms. The molecule has 2 atom stereocenters. The summed E-state index contributed by atoms with van der Waals surface area (Å²) in [6, 6.07) is 17.7. The summed E-state index contributed by atoms with van der Waals surface area (Å²) < 4.78 is 23.8. The van der Waals surface area contributed by atoms with Crippen molar-refractivity contribution in [3.8, 4) is 0 Å². The molecule has 2 aromatic carbocycles. The van der Waals surface area contributed by atoms with Crippen LogP contribution < -0.4 is 0 Å². The van der Waals surface area contributed by atoms with Crippen molar-refractivity contribution in [2.75, 3.05) is 13.5 Å². The van der Waals surface area contributed by atoms with Gasteiger partial charge in [0.05, 0.1) is 10.7 Å². The van der Waals surface area contributed by atoms with Crippen LogP contribution in [0.4, 0.5) is 0 Å². The summed E-state index contributed by atoms with van der Waals surface area (Å²) in [7, 11) is 4.13. The zero-order valence-corrected chi connectivity index (χ0v) is 10.3. The Morgan fingerprint density at radius 1 is 1.11 bits per heavy atom. The van der Waals surface area contributed by atoms with Crippen molar-refractivity contribution in [3.63, 3.8) is 0 Å². The monoisotopic (exact) mass is 240 g/mol. The Labute approximate surface area is 113 Å². The number of hydrogen-bond acceptors (Lipinski definition) is 0. The highest BCUT2D eigenvalue weighted by Gasteiger charge is 2.32. The fourth-order valence-corrected chi connectivity index (χ4v) is 2.84. The van der Waals surface area contributed by atoms with Gasteiger partial charge in [-0.3, -0.25) is 0 Å². The Balaban J connectivity index is 2.21. The standard InChI is InChI=1S/C17H19N/c1-18(2)13-12-14-8-6-7-11-16(14)17(18)15-9-4-3-5-10-15/h3-11,17H,1,12-13H2,2H3/t17-,18-/m0/s1/i2D3. The highest BCUT2D eigenvalue weighted by atomic mass is 15.3. The molecule has 3 rings (SSSR count). The molecule has 1 heterocycles. The van der Waals surface area contributed by atoms with E-state index in [1.807, 2.05) is 48.5 Å². The van der Waals surface area contributed by atoms with Crippen LogP contribution in [-0.4, -0.2) is 18.0 Å². The number of rotatable bonds is 1. The van der Waals surface area contributed by atoms with Gasteiger partial charge in [-0.25, -0.2) is 0 Å². The van der Waals surface area contributed by atoms with Gasteiger partial charge in [-0.1, -0.05) is 54.6 Å². The summed E-state index contributed by atoms with van der Waals surface area (Å²) in [4.78, 5) is 0. The Kier molecular flexibility index (Phi) is 2.01. The number of hydrogen-bond donors (Lipinski definition) is 0. The summed E-state index contributed by atoms with van der Waals surface area (Å²) >= 11 is 0. The molecule has 0 N–H and O–H groups in total. The lowest BCUT2D eigenvalue weighted by molar-refractivity contribution is -0.893. The van der Waals surface area contributed by atoms with Crippen LogP contribution in [-0.2, 0) is 6.42 Å². The molecule has 0 bridgehead atoms. The zero-order valence-electron chi connectivity index (χ0n) is 13.3. The van der Waals surface area contributed by atoms with Gasteiger partial charge in [0.15, 0.2) is 0 Å². The van der Waals surface area contributed by atoms with E-state index in [2.05, 4.69) is 13.1 Å². The summed E-state index contributed by atoms with van der Waals surface area (Å²) in [6.07, 6.45) is 0.751. The van der Waals surface area contributed by atoms with Crippen LogP contribution in [0.1, 0.15) is 26.8 Å². The van der Waals surface area contributed by atoms with Gasteiger partial charge in [0.2, 0.25) is 0 Å². The van der Waals surface area contributed by atoms with Crippen molar-refractivity contribution >= 4 is 0 Å². The van der Waals surface area contributed by atoms with Crippen LogP contribution >= 0.6 is 0 Å². The zero-order chi connectivity index (χ0) is 15.1. The van der Waals surface area contributed by atoms with E-state index in [1.165, 1.54) is 5.56 Å². The quantitative estimate of drug-likeness (QED) is 0.528. The van der Waals surface area contributed by atoms with Crippen LogP contribution in [0.2, 0.25) is 0 Å². The van der Waals surface area contributed by atoms with Crippen molar-refractivity contribution in [2.24, 2.45) is 0 Å². The van der Waals surface area contributed by atoms with Crippen LogP contribution in [0.3, 0.4) is 0 Å². The molecule has 2 aromatic rings. The normalized spacial score (nSPS) is 29.8. The molecular weight excluding hydrogens is 218 g/mol. The largest absolute Gasteiger partial charge is 0.449 e.